The van der Waals surface area contributed by atoms with Crippen molar-refractivity contribution in [2.75, 3.05) is 18.4 Å². The molecule has 1 amide bonds. The maximum atomic E-state index is 13.9. The van der Waals surface area contributed by atoms with Crippen molar-refractivity contribution < 1.29 is 9.18 Å². The van der Waals surface area contributed by atoms with Gasteiger partial charge in [-0.05, 0) is 42.7 Å². The van der Waals surface area contributed by atoms with E-state index in [0.29, 0.717) is 30.3 Å². The first kappa shape index (κ1) is 15.8. The lowest BCUT2D eigenvalue weighted by Gasteiger charge is -2.20. The van der Waals surface area contributed by atoms with Gasteiger partial charge in [0.15, 0.2) is 0 Å². The third kappa shape index (κ3) is 3.55. The molecule has 0 saturated heterocycles. The van der Waals surface area contributed by atoms with E-state index in [1.54, 1.807) is 12.1 Å². The molecule has 0 bridgehead atoms. The highest BCUT2D eigenvalue weighted by molar-refractivity contribution is 5.99. The van der Waals surface area contributed by atoms with Crippen LogP contribution in [-0.4, -0.2) is 19.0 Å². The molecule has 0 spiro atoms. The molecular weight excluding hydrogens is 267 g/mol. The first-order valence-corrected chi connectivity index (χ1v) is 7.81. The Kier molecular flexibility index (Phi) is 4.86. The van der Waals surface area contributed by atoms with Crippen molar-refractivity contribution in [1.29, 1.82) is 0 Å². The summed E-state index contributed by atoms with van der Waals surface area (Å²) in [6.45, 7) is 7.71. The van der Waals surface area contributed by atoms with Crippen molar-refractivity contribution in [3.8, 4) is 0 Å². The summed E-state index contributed by atoms with van der Waals surface area (Å²) in [5, 5.41) is 5.99. The third-order valence-corrected chi connectivity index (χ3v) is 4.53. The van der Waals surface area contributed by atoms with Gasteiger partial charge >= 0.3 is 0 Å². The molecule has 0 unspecified atom stereocenters. The average Bonchev–Trinajstić information content (AvgIpc) is 3.24. The van der Waals surface area contributed by atoms with Crippen molar-refractivity contribution >= 4 is 11.6 Å². The molecule has 2 rings (SSSR count). The molecule has 0 aliphatic heterocycles. The van der Waals surface area contributed by atoms with Crippen LogP contribution in [0.3, 0.4) is 0 Å². The van der Waals surface area contributed by atoms with Gasteiger partial charge in [-0.1, -0.05) is 26.8 Å². The van der Waals surface area contributed by atoms with Crippen LogP contribution in [0.25, 0.3) is 0 Å². The topological polar surface area (TPSA) is 41.1 Å². The molecule has 21 heavy (non-hydrogen) atoms. The Balaban J connectivity index is 2.06. The van der Waals surface area contributed by atoms with Gasteiger partial charge in [0.25, 0.3) is 5.91 Å². The maximum Gasteiger partial charge on any atom is 0.253 e. The smallest absolute Gasteiger partial charge is 0.253 e. The summed E-state index contributed by atoms with van der Waals surface area (Å²) in [6.07, 6.45) is 3.20. The lowest BCUT2D eigenvalue weighted by atomic mass is 9.92. The molecule has 1 fully saturated rings. The van der Waals surface area contributed by atoms with Crippen molar-refractivity contribution in [3.05, 3.63) is 29.6 Å². The van der Waals surface area contributed by atoms with Gasteiger partial charge in [-0.3, -0.25) is 4.79 Å². The van der Waals surface area contributed by atoms with Crippen LogP contribution in [0.4, 0.5) is 10.1 Å². The van der Waals surface area contributed by atoms with Crippen LogP contribution >= 0.6 is 0 Å². The van der Waals surface area contributed by atoms with Gasteiger partial charge in [0.2, 0.25) is 0 Å². The average molecular weight is 292 g/mol. The Morgan fingerprint density at radius 1 is 1.38 bits per heavy atom. The maximum absolute atomic E-state index is 13.9. The second kappa shape index (κ2) is 6.46. The van der Waals surface area contributed by atoms with Crippen LogP contribution in [-0.2, 0) is 0 Å². The Morgan fingerprint density at radius 3 is 2.67 bits per heavy atom. The summed E-state index contributed by atoms with van der Waals surface area (Å²) in [6, 6.07) is 4.63. The van der Waals surface area contributed by atoms with E-state index in [4.69, 9.17) is 0 Å². The lowest BCUT2D eigenvalue weighted by Crippen LogP contribution is -2.33. The number of hydrogen-bond acceptors (Lipinski definition) is 2. The van der Waals surface area contributed by atoms with E-state index in [-0.39, 0.29) is 17.1 Å². The number of amides is 1. The first-order chi connectivity index (χ1) is 10.00. The second-order valence-corrected chi connectivity index (χ2v) is 6.29. The zero-order valence-corrected chi connectivity index (χ0v) is 13.1. The molecule has 1 aliphatic carbocycles. The van der Waals surface area contributed by atoms with Gasteiger partial charge in [0.1, 0.15) is 5.82 Å². The number of halogens is 1. The zero-order chi connectivity index (χ0) is 15.5. The minimum atomic E-state index is -0.374. The van der Waals surface area contributed by atoms with Gasteiger partial charge in [-0.15, -0.1) is 0 Å². The largest absolute Gasteiger partial charge is 0.382 e. The summed E-state index contributed by atoms with van der Waals surface area (Å²) < 4.78 is 13.9. The molecule has 1 aliphatic rings. The predicted octanol–water partition coefficient (Wildman–Crippen LogP) is 3.81. The van der Waals surface area contributed by atoms with Crippen molar-refractivity contribution in [1.82, 2.24) is 5.32 Å². The van der Waals surface area contributed by atoms with E-state index < -0.39 is 0 Å². The molecule has 116 valence electrons. The highest BCUT2D eigenvalue weighted by Gasteiger charge is 2.45. The van der Waals surface area contributed by atoms with Gasteiger partial charge < -0.3 is 10.6 Å². The van der Waals surface area contributed by atoms with Gasteiger partial charge in [0, 0.05) is 13.1 Å². The Bertz CT molecular complexity index is 510. The highest BCUT2D eigenvalue weighted by atomic mass is 19.1. The molecule has 2 N–H and O–H groups in total. The second-order valence-electron chi connectivity index (χ2n) is 6.29. The molecule has 1 aromatic rings. The van der Waals surface area contributed by atoms with E-state index in [1.165, 1.54) is 6.07 Å². The fraction of sp³-hybridized carbons (Fsp3) is 0.588. The summed E-state index contributed by atoms with van der Waals surface area (Å²) >= 11 is 0. The van der Waals surface area contributed by atoms with E-state index in [9.17, 15) is 9.18 Å². The van der Waals surface area contributed by atoms with E-state index >= 15 is 0 Å². The number of benzene rings is 1. The number of rotatable bonds is 7. The first-order valence-electron chi connectivity index (χ1n) is 7.81. The number of carbonyl (C=O) groups excluding carboxylic acids is 1. The molecule has 4 heteroatoms. The van der Waals surface area contributed by atoms with Crippen molar-refractivity contribution in [2.45, 2.75) is 40.0 Å². The summed E-state index contributed by atoms with van der Waals surface area (Å²) in [7, 11) is 0. The summed E-state index contributed by atoms with van der Waals surface area (Å²) in [5.74, 6) is -0.0101. The molecule has 1 aromatic carbocycles. The standard InChI is InChI=1S/C17H25FN2O/c1-4-10-19-15-13(6-5-7-14(15)18)16(21)20-11-17(8-9-17)12(2)3/h5-7,12,19H,4,8-11H2,1-3H3,(H,20,21). The Labute approximate surface area is 126 Å². The molecule has 0 atom stereocenters. The lowest BCUT2D eigenvalue weighted by molar-refractivity contribution is 0.0940. The quantitative estimate of drug-likeness (QED) is 0.802. The molecule has 0 aromatic heterocycles. The van der Waals surface area contributed by atoms with Crippen LogP contribution in [0.15, 0.2) is 18.2 Å². The van der Waals surface area contributed by atoms with Crippen molar-refractivity contribution in [2.24, 2.45) is 11.3 Å². The van der Waals surface area contributed by atoms with Crippen LogP contribution in [0.1, 0.15) is 50.4 Å². The summed E-state index contributed by atoms with van der Waals surface area (Å²) in [4.78, 5) is 12.4. The van der Waals surface area contributed by atoms with Crippen LogP contribution in [0.5, 0.6) is 0 Å². The number of anilines is 1. The fourth-order valence-corrected chi connectivity index (χ4v) is 2.61. The van der Waals surface area contributed by atoms with Crippen LogP contribution in [0.2, 0.25) is 0 Å². The van der Waals surface area contributed by atoms with E-state index in [2.05, 4.69) is 24.5 Å². The van der Waals surface area contributed by atoms with E-state index in [0.717, 1.165) is 19.3 Å². The molecule has 0 heterocycles. The van der Waals surface area contributed by atoms with Gasteiger partial charge in [-0.25, -0.2) is 4.39 Å². The Hall–Kier alpha value is -1.58. The minimum absolute atomic E-state index is 0.194. The molecule has 0 radical (unpaired) electrons. The number of nitrogens with one attached hydrogen (secondary N) is 2. The normalized spacial score (nSPS) is 15.9. The summed E-state index contributed by atoms with van der Waals surface area (Å²) in [5.41, 5.74) is 0.953. The monoisotopic (exact) mass is 292 g/mol. The molecule has 3 nitrogen and oxygen atoms in total. The molecule has 1 saturated carbocycles. The van der Waals surface area contributed by atoms with Gasteiger partial charge in [-0.2, -0.15) is 0 Å². The van der Waals surface area contributed by atoms with E-state index in [1.807, 2.05) is 6.92 Å². The number of hydrogen-bond donors (Lipinski definition) is 2. The third-order valence-electron chi connectivity index (χ3n) is 4.53. The Morgan fingerprint density at radius 2 is 2.10 bits per heavy atom. The molecular formula is C17H25FN2O. The minimum Gasteiger partial charge on any atom is -0.382 e. The van der Waals surface area contributed by atoms with Crippen molar-refractivity contribution in [3.63, 3.8) is 0 Å². The number of para-hydroxylation sites is 1. The predicted molar refractivity (Wildman–Crippen MR) is 84.0 cm³/mol. The zero-order valence-electron chi connectivity index (χ0n) is 13.1. The highest BCUT2D eigenvalue weighted by Crippen LogP contribution is 2.51. The SMILES string of the molecule is CCCNc1c(F)cccc1C(=O)NCC1(C(C)C)CC1. The fourth-order valence-electron chi connectivity index (χ4n) is 2.61. The van der Waals surface area contributed by atoms with Crippen LogP contribution < -0.4 is 10.6 Å². The van der Waals surface area contributed by atoms with Crippen LogP contribution in [0, 0.1) is 17.2 Å². The number of carbonyl (C=O) groups is 1. The van der Waals surface area contributed by atoms with Gasteiger partial charge in [0.05, 0.1) is 11.3 Å².